The molecule has 0 unspecified atom stereocenters. The van der Waals surface area contributed by atoms with Crippen molar-refractivity contribution in [2.45, 2.75) is 0 Å². The lowest BCUT2D eigenvalue weighted by Crippen LogP contribution is -2.11. The van der Waals surface area contributed by atoms with E-state index in [1.165, 1.54) is 108 Å². The number of rotatable bonds is 6. The van der Waals surface area contributed by atoms with Crippen LogP contribution >= 0.6 is 0 Å². The number of nitrogens with zero attached hydrogens (tertiary/aromatic N) is 2. The van der Waals surface area contributed by atoms with Gasteiger partial charge in [0.15, 0.2) is 0 Å². The van der Waals surface area contributed by atoms with Gasteiger partial charge in [-0.15, -0.1) is 0 Å². The quantitative estimate of drug-likeness (QED) is 0.121. The summed E-state index contributed by atoms with van der Waals surface area (Å²) in [5, 5.41) is 24.7. The number of fused-ring (bicyclic) bond motifs is 16. The van der Waals surface area contributed by atoms with E-state index in [0.717, 1.165) is 34.1 Å². The van der Waals surface area contributed by atoms with Crippen molar-refractivity contribution in [1.29, 1.82) is 0 Å². The molecule has 0 saturated carbocycles. The molecule has 0 fully saturated rings. The third kappa shape index (κ3) is 6.16. The molecule has 0 radical (unpaired) electrons. The van der Waals surface area contributed by atoms with Gasteiger partial charge in [0.25, 0.3) is 0 Å². The second-order valence-corrected chi connectivity index (χ2v) is 19.2. The van der Waals surface area contributed by atoms with Gasteiger partial charge < -0.3 is 9.80 Å². The molecule has 0 atom stereocenters. The molecule has 2 nitrogen and oxygen atoms in total. The summed E-state index contributed by atoms with van der Waals surface area (Å²) < 4.78 is 0. The van der Waals surface area contributed by atoms with Crippen molar-refractivity contribution < 1.29 is 0 Å². The number of anilines is 6. The van der Waals surface area contributed by atoms with E-state index in [9.17, 15) is 0 Å². The van der Waals surface area contributed by atoms with Gasteiger partial charge in [0.1, 0.15) is 0 Å². The zero-order valence-corrected chi connectivity index (χ0v) is 39.3. The largest absolute Gasteiger partial charge is 0.309 e. The molecule has 0 spiro atoms. The van der Waals surface area contributed by atoms with Gasteiger partial charge in [0, 0.05) is 32.9 Å². The Morgan fingerprint density at radius 2 is 0.375 bits per heavy atom. The molecular weight excluding hydrogens is 869 g/mol. The van der Waals surface area contributed by atoms with Crippen LogP contribution in [0.25, 0.3) is 108 Å². The minimum Gasteiger partial charge on any atom is -0.309 e. The number of hydrogen-bond donors (Lipinski definition) is 0. The fraction of sp³-hybridized carbons (Fsp3) is 0. The summed E-state index contributed by atoms with van der Waals surface area (Å²) in [4.78, 5) is 4.94. The van der Waals surface area contributed by atoms with Crippen LogP contribution < -0.4 is 9.80 Å². The summed E-state index contributed by atoms with van der Waals surface area (Å²) in [6.07, 6.45) is 0. The highest BCUT2D eigenvalue weighted by Crippen LogP contribution is 2.48. The first-order valence-corrected chi connectivity index (χ1v) is 24.9. The van der Waals surface area contributed by atoms with Crippen LogP contribution in [0.4, 0.5) is 34.1 Å². The third-order valence-electron chi connectivity index (χ3n) is 15.3. The second kappa shape index (κ2) is 16.0. The van der Waals surface area contributed by atoms with E-state index in [-0.39, 0.29) is 0 Å². The van der Waals surface area contributed by atoms with Gasteiger partial charge in [-0.2, -0.15) is 0 Å². The highest BCUT2D eigenvalue weighted by atomic mass is 15.2. The highest BCUT2D eigenvalue weighted by molar-refractivity contribution is 6.33. The Kier molecular flexibility index (Phi) is 8.99. The average Bonchev–Trinajstić information content (AvgIpc) is 3.45. The number of benzene rings is 15. The van der Waals surface area contributed by atoms with Gasteiger partial charge in [-0.1, -0.05) is 206 Å². The van der Waals surface area contributed by atoms with Crippen molar-refractivity contribution in [3.63, 3.8) is 0 Å². The normalized spacial score (nSPS) is 11.9. The molecule has 0 N–H and O–H groups in total. The lowest BCUT2D eigenvalue weighted by atomic mass is 9.88. The van der Waals surface area contributed by atoms with Gasteiger partial charge in [-0.3, -0.25) is 0 Å². The molecule has 0 aliphatic heterocycles. The summed E-state index contributed by atoms with van der Waals surface area (Å²) in [6, 6.07) is 98.9. The standard InChI is InChI=1S/C70H44N2/c1-5-25-51-45(17-1)21-13-33-67(51)71(68-34-14-22-46-18-2-6-26-52(46)68)49-37-39-59-61(41-49)55-29-9-11-31-57(55)63-44-66-60-40-38-50(42-62(60)56-30-10-12-32-58(56)64(66)43-65(59)63)72(69-35-15-23-47-19-3-7-27-53(47)69)70-36-16-24-48-20-4-8-28-54(48)70/h1-44H. The van der Waals surface area contributed by atoms with E-state index in [1.54, 1.807) is 0 Å². The van der Waals surface area contributed by atoms with Crippen molar-refractivity contribution in [2.75, 3.05) is 9.80 Å². The fourth-order valence-corrected chi connectivity index (χ4v) is 12.1. The minimum atomic E-state index is 1.12. The van der Waals surface area contributed by atoms with Crippen LogP contribution in [-0.4, -0.2) is 0 Å². The maximum Gasteiger partial charge on any atom is 0.0540 e. The Morgan fingerprint density at radius 1 is 0.153 bits per heavy atom. The lowest BCUT2D eigenvalue weighted by molar-refractivity contribution is 1.32. The summed E-state index contributed by atoms with van der Waals surface area (Å²) in [5.74, 6) is 0. The third-order valence-corrected chi connectivity index (χ3v) is 15.3. The summed E-state index contributed by atoms with van der Waals surface area (Å²) in [6.45, 7) is 0. The van der Waals surface area contributed by atoms with Crippen LogP contribution in [0.5, 0.6) is 0 Å². The van der Waals surface area contributed by atoms with Crippen LogP contribution in [0.15, 0.2) is 267 Å². The Morgan fingerprint density at radius 3 is 0.667 bits per heavy atom. The maximum absolute atomic E-state index is 2.49. The van der Waals surface area contributed by atoms with E-state index < -0.39 is 0 Å². The predicted octanol–water partition coefficient (Wildman–Crippen LogP) is 20.2. The summed E-state index contributed by atoms with van der Waals surface area (Å²) >= 11 is 0. The molecule has 334 valence electrons. The van der Waals surface area contributed by atoms with Crippen molar-refractivity contribution in [2.24, 2.45) is 0 Å². The molecule has 15 aromatic rings. The molecular formula is C70H44N2. The predicted molar refractivity (Wildman–Crippen MR) is 311 cm³/mol. The SMILES string of the molecule is c1ccc2c(N(c3ccc4c(c3)c3ccccc3c3cc5c6ccc(N(c7cccc8ccccc78)c7cccc8ccccc78)cc6c6ccccc6c5cc43)c3cccc4ccccc34)cccc2c1. The monoisotopic (exact) mass is 912 g/mol. The van der Waals surface area contributed by atoms with Crippen LogP contribution in [0, 0.1) is 0 Å². The van der Waals surface area contributed by atoms with Crippen LogP contribution in [-0.2, 0) is 0 Å². The van der Waals surface area contributed by atoms with E-state index in [2.05, 4.69) is 277 Å². The molecule has 0 amide bonds. The number of hydrogen-bond acceptors (Lipinski definition) is 2. The Hall–Kier alpha value is -9.50. The second-order valence-electron chi connectivity index (χ2n) is 19.2. The highest BCUT2D eigenvalue weighted by Gasteiger charge is 2.22. The first-order valence-electron chi connectivity index (χ1n) is 24.9. The Balaban J connectivity index is 0.981. The van der Waals surface area contributed by atoms with Gasteiger partial charge in [-0.05, 0) is 147 Å². The van der Waals surface area contributed by atoms with Gasteiger partial charge in [0.2, 0.25) is 0 Å². The molecule has 0 heterocycles. The Labute approximate surface area is 416 Å². The van der Waals surface area contributed by atoms with Gasteiger partial charge >= 0.3 is 0 Å². The zero-order chi connectivity index (χ0) is 47.3. The lowest BCUT2D eigenvalue weighted by Gasteiger charge is -2.29. The van der Waals surface area contributed by atoms with Gasteiger partial charge in [0.05, 0.1) is 22.7 Å². The molecule has 0 aromatic heterocycles. The van der Waals surface area contributed by atoms with E-state index >= 15 is 0 Å². The topological polar surface area (TPSA) is 6.48 Å². The average molecular weight is 913 g/mol. The van der Waals surface area contributed by atoms with Crippen molar-refractivity contribution in [3.05, 3.63) is 267 Å². The summed E-state index contributed by atoms with van der Waals surface area (Å²) in [7, 11) is 0. The molecule has 15 rings (SSSR count). The van der Waals surface area contributed by atoms with Crippen LogP contribution in [0.3, 0.4) is 0 Å². The molecule has 0 saturated heterocycles. The van der Waals surface area contributed by atoms with Crippen molar-refractivity contribution >= 4 is 142 Å². The Bertz CT molecular complexity index is 4240. The molecule has 72 heavy (non-hydrogen) atoms. The smallest absolute Gasteiger partial charge is 0.0540 e. The van der Waals surface area contributed by atoms with Gasteiger partial charge in [-0.25, -0.2) is 0 Å². The molecule has 15 aromatic carbocycles. The van der Waals surface area contributed by atoms with Crippen molar-refractivity contribution in [3.8, 4) is 0 Å². The minimum absolute atomic E-state index is 1.12. The summed E-state index contributed by atoms with van der Waals surface area (Å²) in [5.41, 5.74) is 6.85. The van der Waals surface area contributed by atoms with Crippen LogP contribution in [0.2, 0.25) is 0 Å². The molecule has 0 bridgehead atoms. The van der Waals surface area contributed by atoms with E-state index in [0.29, 0.717) is 0 Å². The first kappa shape index (κ1) is 40.4. The molecule has 0 aliphatic rings. The van der Waals surface area contributed by atoms with Crippen molar-refractivity contribution in [1.82, 2.24) is 0 Å². The van der Waals surface area contributed by atoms with E-state index in [4.69, 9.17) is 0 Å². The molecule has 2 heteroatoms. The fourth-order valence-electron chi connectivity index (χ4n) is 12.1. The zero-order valence-electron chi connectivity index (χ0n) is 39.3. The van der Waals surface area contributed by atoms with Crippen LogP contribution in [0.1, 0.15) is 0 Å². The maximum atomic E-state index is 2.49. The van der Waals surface area contributed by atoms with E-state index in [1.807, 2.05) is 0 Å². The molecule has 0 aliphatic carbocycles. The first-order chi connectivity index (χ1) is 35.7.